The second-order valence-corrected chi connectivity index (χ2v) is 7.51. The van der Waals surface area contributed by atoms with Gasteiger partial charge in [-0.2, -0.15) is 8.42 Å². The highest BCUT2D eigenvalue weighted by Gasteiger charge is 2.24. The number of aromatic nitrogens is 2. The monoisotopic (exact) mass is 396 g/mol. The number of pyridine rings is 1. The zero-order valence-electron chi connectivity index (χ0n) is 12.3. The smallest absolute Gasteiger partial charge is 0.310 e. The number of halogens is 1. The summed E-state index contributed by atoms with van der Waals surface area (Å²) in [6.07, 6.45) is 1.55. The lowest BCUT2D eigenvalue weighted by atomic mass is 10.2. The Balaban J connectivity index is 2.56. The second-order valence-electron chi connectivity index (χ2n) is 5.28. The van der Waals surface area contributed by atoms with Crippen molar-refractivity contribution in [1.82, 2.24) is 9.13 Å². The lowest BCUT2D eigenvalue weighted by molar-refractivity contribution is 0.477. The molecule has 3 rings (SSSR count). The number of hydrogen-bond acceptors (Lipinski definition) is 3. The molecule has 8 heteroatoms. The van der Waals surface area contributed by atoms with Crippen molar-refractivity contribution >= 4 is 37.0 Å². The van der Waals surface area contributed by atoms with E-state index in [0.717, 1.165) is 5.56 Å². The van der Waals surface area contributed by atoms with Crippen LogP contribution in [0.2, 0.25) is 0 Å². The molecular weight excluding hydrogens is 384 g/mol. The van der Waals surface area contributed by atoms with E-state index in [4.69, 9.17) is 0 Å². The van der Waals surface area contributed by atoms with Crippen molar-refractivity contribution in [3.05, 3.63) is 56.9 Å². The molecule has 0 atom stereocenters. The van der Waals surface area contributed by atoms with Gasteiger partial charge in [-0.25, -0.2) is 0 Å². The highest BCUT2D eigenvalue weighted by atomic mass is 79.9. The summed E-state index contributed by atoms with van der Waals surface area (Å²) in [6, 6.07) is 8.29. The summed E-state index contributed by atoms with van der Waals surface area (Å²) >= 11 is 3.33. The van der Waals surface area contributed by atoms with Gasteiger partial charge in [0.15, 0.2) is 5.03 Å². The zero-order valence-corrected chi connectivity index (χ0v) is 14.7. The van der Waals surface area contributed by atoms with Gasteiger partial charge in [-0.05, 0) is 41.1 Å². The predicted molar refractivity (Wildman–Crippen MR) is 90.8 cm³/mol. The van der Waals surface area contributed by atoms with Crippen LogP contribution in [-0.4, -0.2) is 22.1 Å². The van der Waals surface area contributed by atoms with Crippen LogP contribution in [0.25, 0.3) is 16.6 Å². The highest BCUT2D eigenvalue weighted by Crippen LogP contribution is 2.30. The van der Waals surface area contributed by atoms with Crippen molar-refractivity contribution in [3.63, 3.8) is 0 Å². The molecule has 1 aromatic carbocycles. The van der Waals surface area contributed by atoms with Gasteiger partial charge in [0, 0.05) is 28.8 Å². The van der Waals surface area contributed by atoms with Crippen molar-refractivity contribution < 1.29 is 13.0 Å². The second kappa shape index (κ2) is 5.33. The number of fused-ring (bicyclic) bond motifs is 1. The van der Waals surface area contributed by atoms with E-state index in [-0.39, 0.29) is 16.1 Å². The Bertz CT molecular complexity index is 1080. The molecule has 2 heterocycles. The van der Waals surface area contributed by atoms with Crippen LogP contribution in [0.15, 0.2) is 50.8 Å². The van der Waals surface area contributed by atoms with Crippen LogP contribution in [0.1, 0.15) is 5.56 Å². The maximum atomic E-state index is 12.5. The number of benzene rings is 1. The fraction of sp³-hybridized carbons (Fsp3) is 0.133. The lowest BCUT2D eigenvalue weighted by Crippen LogP contribution is -2.19. The van der Waals surface area contributed by atoms with Crippen LogP contribution >= 0.6 is 15.9 Å². The molecule has 0 saturated carbocycles. The van der Waals surface area contributed by atoms with Crippen LogP contribution in [0.4, 0.5) is 0 Å². The summed E-state index contributed by atoms with van der Waals surface area (Å²) in [7, 11) is -2.93. The molecule has 0 fully saturated rings. The number of nitrogens with zero attached hydrogens (tertiary/aromatic N) is 2. The fourth-order valence-corrected chi connectivity index (χ4v) is 3.79. The summed E-state index contributed by atoms with van der Waals surface area (Å²) < 4.78 is 36.3. The van der Waals surface area contributed by atoms with Gasteiger partial charge in [0.1, 0.15) is 5.52 Å². The Morgan fingerprint density at radius 3 is 2.35 bits per heavy atom. The molecule has 3 aromatic rings. The van der Waals surface area contributed by atoms with Gasteiger partial charge in [-0.1, -0.05) is 17.7 Å². The first-order chi connectivity index (χ1) is 10.7. The third kappa shape index (κ3) is 2.62. The van der Waals surface area contributed by atoms with E-state index in [2.05, 4.69) is 15.9 Å². The Hall–Kier alpha value is -1.90. The summed E-state index contributed by atoms with van der Waals surface area (Å²) in [5.41, 5.74) is 1.29. The number of aryl methyl sites for hydroxylation is 2. The van der Waals surface area contributed by atoms with Crippen molar-refractivity contribution in [2.45, 2.75) is 11.9 Å². The minimum absolute atomic E-state index is 0.179. The Morgan fingerprint density at radius 1 is 1.17 bits per heavy atom. The molecule has 6 nitrogen and oxygen atoms in total. The molecule has 0 radical (unpaired) electrons. The Morgan fingerprint density at radius 2 is 1.78 bits per heavy atom. The van der Waals surface area contributed by atoms with Crippen molar-refractivity contribution in [1.29, 1.82) is 0 Å². The standard InChI is InChI=1S/C15H13BrN2O4S/c1-9-3-5-10(6-4-9)18-13(23(20,21)22)7-11-12(16)8-17(2)15(19)14(11)18/h3-8H,1-2H3,(H,20,21,22). The average molecular weight is 397 g/mol. The van der Waals surface area contributed by atoms with E-state index in [1.165, 1.54) is 15.2 Å². The molecule has 0 saturated heterocycles. The van der Waals surface area contributed by atoms with Gasteiger partial charge >= 0.3 is 10.1 Å². The maximum Gasteiger partial charge on any atom is 0.310 e. The van der Waals surface area contributed by atoms with E-state index in [1.807, 2.05) is 6.92 Å². The molecule has 0 bridgehead atoms. The predicted octanol–water partition coefficient (Wildman–Crippen LogP) is 2.65. The Kier molecular flexibility index (Phi) is 3.70. The number of hydrogen-bond donors (Lipinski definition) is 1. The summed E-state index contributed by atoms with van der Waals surface area (Å²) in [5.74, 6) is 0. The highest BCUT2D eigenvalue weighted by molar-refractivity contribution is 9.10. The first-order valence-electron chi connectivity index (χ1n) is 6.65. The van der Waals surface area contributed by atoms with Gasteiger partial charge in [-0.15, -0.1) is 0 Å². The van der Waals surface area contributed by atoms with Gasteiger partial charge in [-0.3, -0.25) is 13.9 Å². The summed E-state index contributed by atoms with van der Waals surface area (Å²) in [5, 5.41) is 0.0710. The first kappa shape index (κ1) is 16.0. The molecule has 1 N–H and O–H groups in total. The molecule has 120 valence electrons. The molecule has 0 amide bonds. The van der Waals surface area contributed by atoms with E-state index >= 15 is 0 Å². The summed E-state index contributed by atoms with van der Waals surface area (Å²) in [6.45, 7) is 1.90. The Labute approximate surface area is 140 Å². The molecule has 0 aliphatic carbocycles. The van der Waals surface area contributed by atoms with Gasteiger partial charge < -0.3 is 4.57 Å². The third-order valence-electron chi connectivity index (χ3n) is 3.61. The van der Waals surface area contributed by atoms with Gasteiger partial charge in [0.2, 0.25) is 0 Å². The first-order valence-corrected chi connectivity index (χ1v) is 8.88. The molecule has 0 unspecified atom stereocenters. The maximum absolute atomic E-state index is 12.5. The number of rotatable bonds is 2. The van der Waals surface area contributed by atoms with Gasteiger partial charge in [0.05, 0.1) is 0 Å². The van der Waals surface area contributed by atoms with Crippen molar-refractivity contribution in [2.24, 2.45) is 7.05 Å². The normalized spacial score (nSPS) is 12.0. The van der Waals surface area contributed by atoms with Crippen LogP contribution < -0.4 is 5.56 Å². The fourth-order valence-electron chi connectivity index (χ4n) is 2.49. The van der Waals surface area contributed by atoms with E-state index in [0.29, 0.717) is 15.5 Å². The minimum Gasteiger partial charge on any atom is -0.316 e. The van der Waals surface area contributed by atoms with E-state index in [1.54, 1.807) is 37.5 Å². The van der Waals surface area contributed by atoms with E-state index < -0.39 is 10.1 Å². The van der Waals surface area contributed by atoms with E-state index in [9.17, 15) is 17.8 Å². The van der Waals surface area contributed by atoms with Crippen LogP contribution in [0, 0.1) is 6.92 Å². The quantitative estimate of drug-likeness (QED) is 0.675. The lowest BCUT2D eigenvalue weighted by Gasteiger charge is -2.10. The topological polar surface area (TPSA) is 81.3 Å². The molecule has 2 aromatic heterocycles. The SMILES string of the molecule is Cc1ccc(-n2c(S(=O)(=O)O)cc3c(Br)cn(C)c(=O)c32)cc1. The largest absolute Gasteiger partial charge is 0.316 e. The molecule has 0 aliphatic heterocycles. The molecular formula is C15H13BrN2O4S. The third-order valence-corrected chi connectivity index (χ3v) is 5.07. The summed E-state index contributed by atoms with van der Waals surface area (Å²) in [4.78, 5) is 12.5. The van der Waals surface area contributed by atoms with Gasteiger partial charge in [0.25, 0.3) is 5.56 Å². The molecule has 0 spiro atoms. The average Bonchev–Trinajstić information content (AvgIpc) is 2.87. The van der Waals surface area contributed by atoms with Crippen LogP contribution in [-0.2, 0) is 17.2 Å². The molecule has 23 heavy (non-hydrogen) atoms. The zero-order chi connectivity index (χ0) is 16.9. The molecule has 0 aliphatic rings. The van der Waals surface area contributed by atoms with Crippen LogP contribution in [0.3, 0.4) is 0 Å². The van der Waals surface area contributed by atoms with Crippen molar-refractivity contribution in [2.75, 3.05) is 0 Å². The van der Waals surface area contributed by atoms with Crippen molar-refractivity contribution in [3.8, 4) is 5.69 Å². The van der Waals surface area contributed by atoms with Crippen LogP contribution in [0.5, 0.6) is 0 Å². The minimum atomic E-state index is -4.51.